The monoisotopic (exact) mass is 304 g/mol. The largest absolute Gasteiger partial charge is 0.294 e. The Morgan fingerprint density at radius 1 is 0.818 bits per heavy atom. The summed E-state index contributed by atoms with van der Waals surface area (Å²) < 4.78 is 2.15. The van der Waals surface area contributed by atoms with Crippen molar-refractivity contribution in [3.63, 3.8) is 0 Å². The molecule has 0 atom stereocenters. The van der Waals surface area contributed by atoms with Gasteiger partial charge >= 0.3 is 0 Å². The summed E-state index contributed by atoms with van der Waals surface area (Å²) in [5.41, 5.74) is 3.17. The van der Waals surface area contributed by atoms with E-state index >= 15 is 0 Å². The van der Waals surface area contributed by atoms with Crippen LogP contribution in [-0.2, 0) is 0 Å². The van der Waals surface area contributed by atoms with Crippen LogP contribution in [0.2, 0.25) is 5.02 Å². The van der Waals surface area contributed by atoms with Crippen molar-refractivity contribution in [2.75, 3.05) is 0 Å². The molecule has 4 rings (SSSR count). The van der Waals surface area contributed by atoms with Crippen LogP contribution in [0.3, 0.4) is 0 Å². The molecule has 3 heteroatoms. The number of para-hydroxylation sites is 1. The van der Waals surface area contributed by atoms with Gasteiger partial charge in [0.15, 0.2) is 0 Å². The molecule has 2 nitrogen and oxygen atoms in total. The third-order valence-corrected chi connectivity index (χ3v) is 4.07. The average molecular weight is 305 g/mol. The SMILES string of the molecule is Clc1ccccc1-c1cc2ccccc2n1-c1ccccn1. The topological polar surface area (TPSA) is 17.8 Å². The van der Waals surface area contributed by atoms with Crippen molar-refractivity contribution in [1.82, 2.24) is 9.55 Å². The van der Waals surface area contributed by atoms with Gasteiger partial charge in [-0.2, -0.15) is 0 Å². The smallest absolute Gasteiger partial charge is 0.137 e. The highest BCUT2D eigenvalue weighted by Gasteiger charge is 2.14. The molecule has 4 aromatic rings. The molecule has 106 valence electrons. The van der Waals surface area contributed by atoms with Crippen molar-refractivity contribution in [2.24, 2.45) is 0 Å². The Balaban J connectivity index is 2.09. The third-order valence-electron chi connectivity index (χ3n) is 3.74. The molecule has 2 heterocycles. The maximum atomic E-state index is 6.41. The highest BCUT2D eigenvalue weighted by atomic mass is 35.5. The molecular weight excluding hydrogens is 292 g/mol. The first-order chi connectivity index (χ1) is 10.8. The molecule has 0 N–H and O–H groups in total. The minimum absolute atomic E-state index is 0.738. The average Bonchev–Trinajstić information content (AvgIpc) is 2.95. The molecular formula is C19H13ClN2. The third kappa shape index (κ3) is 2.09. The van der Waals surface area contributed by atoms with E-state index in [0.717, 1.165) is 27.6 Å². The van der Waals surface area contributed by atoms with Gasteiger partial charge in [-0.05, 0) is 30.3 Å². The van der Waals surface area contributed by atoms with Crippen LogP contribution in [0.4, 0.5) is 0 Å². The fourth-order valence-electron chi connectivity index (χ4n) is 2.75. The Bertz CT molecular complexity index is 942. The number of hydrogen-bond acceptors (Lipinski definition) is 1. The lowest BCUT2D eigenvalue weighted by molar-refractivity contribution is 1.05. The highest BCUT2D eigenvalue weighted by Crippen LogP contribution is 2.34. The summed E-state index contributed by atoms with van der Waals surface area (Å²) in [5, 5.41) is 1.91. The van der Waals surface area contributed by atoms with Gasteiger partial charge in [0, 0.05) is 22.2 Å². The van der Waals surface area contributed by atoms with Crippen LogP contribution in [0, 0.1) is 0 Å². The molecule has 22 heavy (non-hydrogen) atoms. The van der Waals surface area contributed by atoms with Crippen molar-refractivity contribution < 1.29 is 0 Å². The number of aromatic nitrogens is 2. The Morgan fingerprint density at radius 3 is 2.41 bits per heavy atom. The second kappa shape index (κ2) is 5.32. The van der Waals surface area contributed by atoms with Gasteiger partial charge in [0.1, 0.15) is 5.82 Å². The van der Waals surface area contributed by atoms with Gasteiger partial charge in [-0.25, -0.2) is 4.98 Å². The number of benzene rings is 2. The number of pyridine rings is 1. The van der Waals surface area contributed by atoms with Crippen molar-refractivity contribution in [3.8, 4) is 17.1 Å². The molecule has 0 spiro atoms. The first-order valence-corrected chi connectivity index (χ1v) is 7.49. The van der Waals surface area contributed by atoms with Gasteiger partial charge in [0.25, 0.3) is 0 Å². The van der Waals surface area contributed by atoms with E-state index in [-0.39, 0.29) is 0 Å². The fraction of sp³-hybridized carbons (Fsp3) is 0. The second-order valence-corrected chi connectivity index (χ2v) is 5.50. The summed E-state index contributed by atoms with van der Waals surface area (Å²) >= 11 is 6.41. The van der Waals surface area contributed by atoms with Crippen molar-refractivity contribution in [3.05, 3.63) is 84.0 Å². The van der Waals surface area contributed by atoms with Crippen molar-refractivity contribution in [2.45, 2.75) is 0 Å². The number of halogens is 1. The van der Waals surface area contributed by atoms with Crippen molar-refractivity contribution in [1.29, 1.82) is 0 Å². The van der Waals surface area contributed by atoms with Crippen LogP contribution in [0.15, 0.2) is 79.0 Å². The second-order valence-electron chi connectivity index (χ2n) is 5.09. The Hall–Kier alpha value is -2.58. The zero-order chi connectivity index (χ0) is 14.9. The molecule has 0 amide bonds. The van der Waals surface area contributed by atoms with Crippen LogP contribution in [0.25, 0.3) is 28.0 Å². The first kappa shape index (κ1) is 13.1. The van der Waals surface area contributed by atoms with Crippen LogP contribution in [0.1, 0.15) is 0 Å². The maximum Gasteiger partial charge on any atom is 0.137 e. The molecule has 0 bridgehead atoms. The number of rotatable bonds is 2. The Morgan fingerprint density at radius 2 is 1.59 bits per heavy atom. The quantitative estimate of drug-likeness (QED) is 0.488. The molecule has 0 aliphatic rings. The predicted molar refractivity (Wildman–Crippen MR) is 91.5 cm³/mol. The summed E-state index contributed by atoms with van der Waals surface area (Å²) in [5.74, 6) is 0.888. The van der Waals surface area contributed by atoms with Crippen LogP contribution in [-0.4, -0.2) is 9.55 Å². The van der Waals surface area contributed by atoms with Crippen LogP contribution < -0.4 is 0 Å². The number of nitrogens with zero attached hydrogens (tertiary/aromatic N) is 2. The molecule has 2 aromatic heterocycles. The lowest BCUT2D eigenvalue weighted by Gasteiger charge is -2.11. The maximum absolute atomic E-state index is 6.41. The minimum atomic E-state index is 0.738. The van der Waals surface area contributed by atoms with Gasteiger partial charge in [0.2, 0.25) is 0 Å². The van der Waals surface area contributed by atoms with E-state index in [2.05, 4.69) is 27.8 Å². The number of fused-ring (bicyclic) bond motifs is 1. The summed E-state index contributed by atoms with van der Waals surface area (Å²) in [4.78, 5) is 4.51. The van der Waals surface area contributed by atoms with Crippen molar-refractivity contribution >= 4 is 22.5 Å². The molecule has 2 aromatic carbocycles. The normalized spacial score (nSPS) is 11.0. The highest BCUT2D eigenvalue weighted by molar-refractivity contribution is 6.33. The van der Waals surface area contributed by atoms with E-state index in [4.69, 9.17) is 11.6 Å². The van der Waals surface area contributed by atoms with E-state index < -0.39 is 0 Å². The lowest BCUT2D eigenvalue weighted by atomic mass is 10.1. The molecule has 0 saturated carbocycles. The van der Waals surface area contributed by atoms with Gasteiger partial charge in [-0.3, -0.25) is 4.57 Å². The fourth-order valence-corrected chi connectivity index (χ4v) is 2.99. The Kier molecular flexibility index (Phi) is 3.17. The summed E-state index contributed by atoms with van der Waals surface area (Å²) in [6.45, 7) is 0. The van der Waals surface area contributed by atoms with Gasteiger partial charge < -0.3 is 0 Å². The van der Waals surface area contributed by atoms with E-state index in [9.17, 15) is 0 Å². The summed E-state index contributed by atoms with van der Waals surface area (Å²) in [7, 11) is 0. The summed E-state index contributed by atoms with van der Waals surface area (Å²) in [6.07, 6.45) is 1.81. The summed E-state index contributed by atoms with van der Waals surface area (Å²) in [6, 6.07) is 24.3. The molecule has 0 aliphatic heterocycles. The first-order valence-electron chi connectivity index (χ1n) is 7.11. The van der Waals surface area contributed by atoms with Crippen LogP contribution in [0.5, 0.6) is 0 Å². The van der Waals surface area contributed by atoms with E-state index in [1.165, 1.54) is 5.39 Å². The zero-order valence-corrected chi connectivity index (χ0v) is 12.5. The molecule has 0 unspecified atom stereocenters. The molecule has 0 radical (unpaired) electrons. The van der Waals surface area contributed by atoms with E-state index in [1.54, 1.807) is 6.20 Å². The number of hydrogen-bond donors (Lipinski definition) is 0. The van der Waals surface area contributed by atoms with E-state index in [1.807, 2.05) is 54.6 Å². The molecule has 0 saturated heterocycles. The molecule has 0 aliphatic carbocycles. The van der Waals surface area contributed by atoms with E-state index in [0.29, 0.717) is 0 Å². The predicted octanol–water partition coefficient (Wildman–Crippen LogP) is 5.35. The van der Waals surface area contributed by atoms with Gasteiger partial charge in [-0.15, -0.1) is 0 Å². The van der Waals surface area contributed by atoms with Gasteiger partial charge in [0.05, 0.1) is 11.2 Å². The minimum Gasteiger partial charge on any atom is -0.294 e. The molecule has 0 fully saturated rings. The lowest BCUT2D eigenvalue weighted by Crippen LogP contribution is -1.99. The zero-order valence-electron chi connectivity index (χ0n) is 11.8. The van der Waals surface area contributed by atoms with Crippen LogP contribution >= 0.6 is 11.6 Å². The Labute approximate surface area is 133 Å². The van der Waals surface area contributed by atoms with Gasteiger partial charge in [-0.1, -0.05) is 54.1 Å². The standard InChI is InChI=1S/C19H13ClN2/c20-16-9-3-2-8-15(16)18-13-14-7-1-4-10-17(14)22(18)19-11-5-6-12-21-19/h1-13H.